The predicted molar refractivity (Wildman–Crippen MR) is 144 cm³/mol. The number of nitrogens with zero attached hydrogens (tertiary/aromatic N) is 2. The Labute approximate surface area is 204 Å². The number of aryl methyl sites for hydroxylation is 1. The molecule has 0 amide bonds. The molecule has 34 heavy (non-hydrogen) atoms. The Kier molecular flexibility index (Phi) is 5.29. The highest BCUT2D eigenvalue weighted by Gasteiger charge is 2.22. The third kappa shape index (κ3) is 3.98. The first kappa shape index (κ1) is 22.9. The monoisotopic (exact) mass is 470 g/mol. The minimum atomic E-state index is -0.221. The van der Waals surface area contributed by atoms with Gasteiger partial charge >= 0.3 is 0 Å². The molecule has 0 aliphatic carbocycles. The molecule has 0 aliphatic rings. The number of fused-ring (bicyclic) bond motifs is 4. The van der Waals surface area contributed by atoms with Crippen molar-refractivity contribution in [3.05, 3.63) is 71.3 Å². The van der Waals surface area contributed by atoms with Gasteiger partial charge in [0.25, 0.3) is 0 Å². The van der Waals surface area contributed by atoms with Crippen LogP contribution in [0.15, 0.2) is 48.8 Å². The average molecular weight is 471 g/mol. The molecule has 5 aromatic rings. The van der Waals surface area contributed by atoms with E-state index in [0.717, 1.165) is 38.7 Å². The molecular weight excluding hydrogens is 439 g/mol. The number of hydrogen-bond donors (Lipinski definition) is 0. The van der Waals surface area contributed by atoms with E-state index < -0.39 is 0 Å². The maximum atomic E-state index is 14.2. The fraction of sp³-hybridized carbons (Fsp3) is 0.333. The van der Waals surface area contributed by atoms with Gasteiger partial charge in [0, 0.05) is 15.6 Å². The van der Waals surface area contributed by atoms with Crippen LogP contribution in [0.1, 0.15) is 58.2 Å². The smallest absolute Gasteiger partial charge is 0.123 e. The van der Waals surface area contributed by atoms with Gasteiger partial charge in [-0.2, -0.15) is 0 Å². The molecule has 5 rings (SSSR count). The molecule has 2 nitrogen and oxygen atoms in total. The summed E-state index contributed by atoms with van der Waals surface area (Å²) >= 11 is 1.77. The molecular formula is C30H31FN2S. The maximum Gasteiger partial charge on any atom is 0.123 e. The Balaban J connectivity index is 1.78. The summed E-state index contributed by atoms with van der Waals surface area (Å²) in [6, 6.07) is 13.8. The van der Waals surface area contributed by atoms with Gasteiger partial charge in [-0.3, -0.25) is 0 Å². The second kappa shape index (κ2) is 7.84. The van der Waals surface area contributed by atoms with Crippen LogP contribution in [0, 0.1) is 18.2 Å². The zero-order valence-electron chi connectivity index (χ0n) is 21.0. The second-order valence-electron chi connectivity index (χ2n) is 11.6. The lowest BCUT2D eigenvalue weighted by atomic mass is 9.82. The van der Waals surface area contributed by atoms with Gasteiger partial charge in [0.2, 0.25) is 0 Å². The third-order valence-electron chi connectivity index (χ3n) is 6.50. The second-order valence-corrected chi connectivity index (χ2v) is 12.6. The van der Waals surface area contributed by atoms with Gasteiger partial charge in [-0.25, -0.2) is 14.4 Å². The van der Waals surface area contributed by atoms with Crippen molar-refractivity contribution in [1.82, 2.24) is 9.97 Å². The van der Waals surface area contributed by atoms with E-state index >= 15 is 0 Å². The molecule has 0 saturated carbocycles. The number of hydrogen-bond acceptors (Lipinski definition) is 3. The van der Waals surface area contributed by atoms with Crippen LogP contribution in [0.3, 0.4) is 0 Å². The first-order valence-electron chi connectivity index (χ1n) is 11.8. The van der Waals surface area contributed by atoms with Crippen LogP contribution >= 0.6 is 11.3 Å². The molecule has 0 bridgehead atoms. The van der Waals surface area contributed by atoms with Crippen molar-refractivity contribution < 1.29 is 4.39 Å². The van der Waals surface area contributed by atoms with Crippen molar-refractivity contribution in [3.63, 3.8) is 0 Å². The lowest BCUT2D eigenvalue weighted by Gasteiger charge is -2.22. The van der Waals surface area contributed by atoms with E-state index in [1.54, 1.807) is 29.8 Å². The fourth-order valence-corrected chi connectivity index (χ4v) is 6.17. The number of halogens is 1. The third-order valence-corrected chi connectivity index (χ3v) is 7.82. The molecule has 0 unspecified atom stereocenters. The molecule has 0 spiro atoms. The van der Waals surface area contributed by atoms with Gasteiger partial charge < -0.3 is 0 Å². The van der Waals surface area contributed by atoms with Crippen molar-refractivity contribution in [2.45, 2.75) is 60.3 Å². The first-order valence-corrected chi connectivity index (χ1v) is 12.6. The Morgan fingerprint density at radius 3 is 2.29 bits per heavy atom. The molecule has 3 aromatic carbocycles. The van der Waals surface area contributed by atoms with E-state index in [2.05, 4.69) is 77.7 Å². The van der Waals surface area contributed by atoms with Gasteiger partial charge in [0.1, 0.15) is 12.1 Å². The molecule has 0 saturated heterocycles. The summed E-state index contributed by atoms with van der Waals surface area (Å²) in [5.41, 5.74) is 6.97. The van der Waals surface area contributed by atoms with Gasteiger partial charge in [-0.05, 0) is 75.9 Å². The number of rotatable bonds is 2. The van der Waals surface area contributed by atoms with Crippen LogP contribution in [0.5, 0.6) is 0 Å². The minimum Gasteiger partial charge on any atom is -0.235 e. The normalized spacial score (nSPS) is 12.8. The summed E-state index contributed by atoms with van der Waals surface area (Å²) in [5, 5.41) is 3.17. The molecule has 2 aromatic heterocycles. The van der Waals surface area contributed by atoms with Crippen molar-refractivity contribution >= 4 is 42.4 Å². The molecule has 0 atom stereocenters. The highest BCUT2D eigenvalue weighted by Crippen LogP contribution is 2.42. The van der Waals surface area contributed by atoms with Crippen molar-refractivity contribution in [2.75, 3.05) is 0 Å². The average Bonchev–Trinajstić information content (AvgIpc) is 3.12. The van der Waals surface area contributed by atoms with E-state index in [0.29, 0.717) is 0 Å². The minimum absolute atomic E-state index is 0.0865. The summed E-state index contributed by atoms with van der Waals surface area (Å²) in [7, 11) is 0. The zero-order chi connectivity index (χ0) is 24.4. The maximum absolute atomic E-state index is 14.2. The van der Waals surface area contributed by atoms with E-state index in [1.165, 1.54) is 26.8 Å². The summed E-state index contributed by atoms with van der Waals surface area (Å²) in [5.74, 6) is -0.221. The van der Waals surface area contributed by atoms with E-state index in [9.17, 15) is 4.39 Å². The zero-order valence-corrected chi connectivity index (χ0v) is 21.8. The summed E-state index contributed by atoms with van der Waals surface area (Å²) < 4.78 is 16.5. The predicted octanol–water partition coefficient (Wildman–Crippen LogP) is 9.00. The Morgan fingerprint density at radius 2 is 1.59 bits per heavy atom. The molecule has 2 heterocycles. The van der Waals surface area contributed by atoms with E-state index in [4.69, 9.17) is 4.98 Å². The van der Waals surface area contributed by atoms with Crippen LogP contribution in [0.2, 0.25) is 0 Å². The number of aromatic nitrogens is 2. The Bertz CT molecular complexity index is 1570. The van der Waals surface area contributed by atoms with Crippen molar-refractivity contribution in [2.24, 2.45) is 5.41 Å². The first-order chi connectivity index (χ1) is 15.9. The molecule has 4 heteroatoms. The van der Waals surface area contributed by atoms with Gasteiger partial charge in [-0.1, -0.05) is 59.7 Å². The van der Waals surface area contributed by atoms with Crippen LogP contribution in [-0.2, 0) is 11.8 Å². The molecule has 0 aliphatic heterocycles. The summed E-state index contributed by atoms with van der Waals surface area (Å²) in [6.45, 7) is 15.7. The molecule has 0 N–H and O–H groups in total. The van der Waals surface area contributed by atoms with E-state index in [1.807, 2.05) is 6.07 Å². The fourth-order valence-electron chi connectivity index (χ4n) is 4.88. The molecule has 174 valence electrons. The quantitative estimate of drug-likeness (QED) is 0.257. The van der Waals surface area contributed by atoms with E-state index in [-0.39, 0.29) is 16.6 Å². The topological polar surface area (TPSA) is 25.8 Å². The van der Waals surface area contributed by atoms with Crippen molar-refractivity contribution in [3.8, 4) is 11.3 Å². The van der Waals surface area contributed by atoms with Crippen LogP contribution in [0.4, 0.5) is 4.39 Å². The number of thiophene rings is 1. The summed E-state index contributed by atoms with van der Waals surface area (Å²) in [4.78, 5) is 9.43. The highest BCUT2D eigenvalue weighted by atomic mass is 32.1. The summed E-state index contributed by atoms with van der Waals surface area (Å²) in [6.07, 6.45) is 2.70. The van der Waals surface area contributed by atoms with Gasteiger partial charge in [-0.15, -0.1) is 11.3 Å². The van der Waals surface area contributed by atoms with Crippen molar-refractivity contribution in [1.29, 1.82) is 0 Å². The van der Waals surface area contributed by atoms with Crippen LogP contribution < -0.4 is 0 Å². The largest absolute Gasteiger partial charge is 0.235 e. The van der Waals surface area contributed by atoms with Gasteiger partial charge in [0.15, 0.2) is 0 Å². The van der Waals surface area contributed by atoms with Crippen LogP contribution in [-0.4, -0.2) is 9.97 Å². The lowest BCUT2D eigenvalue weighted by molar-refractivity contribution is 0.410. The standard InChI is InChI=1S/C30H31FN2S/c1-17-18(15-29(2,3)4)8-10-23-26-28(34-27(17)23)25(32-16-33-26)20-12-19-13-21(31)9-11-22(19)24(14-20)30(5,6)7/h8-14,16H,15H2,1-7H3. The van der Waals surface area contributed by atoms with Crippen LogP contribution in [0.25, 0.3) is 42.3 Å². The Morgan fingerprint density at radius 1 is 0.853 bits per heavy atom. The Hall–Kier alpha value is -2.85. The number of benzene rings is 3. The highest BCUT2D eigenvalue weighted by molar-refractivity contribution is 7.26. The molecule has 0 radical (unpaired) electrons. The lowest BCUT2D eigenvalue weighted by Crippen LogP contribution is -2.12. The molecule has 0 fully saturated rings. The van der Waals surface area contributed by atoms with Gasteiger partial charge in [0.05, 0.1) is 15.9 Å². The SMILES string of the molecule is Cc1c(CC(C)(C)C)ccc2c1sc1c(-c3cc(C(C)(C)C)c4ccc(F)cc4c3)ncnc12.